The molecule has 3 aromatic rings. The first-order valence-electron chi connectivity index (χ1n) is 12.3. The number of alkyl halides is 3. The van der Waals surface area contributed by atoms with E-state index in [9.17, 15) is 30.0 Å². The number of hydrogen-bond donors (Lipinski definition) is 3. The Morgan fingerprint density at radius 1 is 1.10 bits per heavy atom. The van der Waals surface area contributed by atoms with Gasteiger partial charge in [0.1, 0.15) is 22.1 Å². The van der Waals surface area contributed by atoms with Crippen LogP contribution in [0, 0.1) is 11.8 Å². The topological polar surface area (TPSA) is 119 Å². The second-order valence-electron chi connectivity index (χ2n) is 9.26. The maximum atomic E-state index is 13.5. The van der Waals surface area contributed by atoms with Crippen molar-refractivity contribution >= 4 is 42.1 Å². The van der Waals surface area contributed by atoms with Gasteiger partial charge in [-0.15, -0.1) is 0 Å². The Morgan fingerprint density at radius 2 is 1.82 bits per heavy atom. The predicted octanol–water partition coefficient (Wildman–Crippen LogP) is 3.57. The number of methoxy groups -OCH3 is 1. The molecule has 0 radical (unpaired) electrons. The summed E-state index contributed by atoms with van der Waals surface area (Å²) in [7, 11) is -4.04. The first-order valence-corrected chi connectivity index (χ1v) is 15.6. The molecular weight excluding hydrogens is 569 g/mol. The minimum atomic E-state index is -4.48. The van der Waals surface area contributed by atoms with Crippen LogP contribution in [-0.4, -0.2) is 65.8 Å². The quantitative estimate of drug-likeness (QED) is 0.340. The molecule has 2 aromatic carbocycles. The Balaban J connectivity index is 1.59. The normalized spacial score (nSPS) is 15.8. The molecule has 2 heterocycles. The number of halogens is 3. The van der Waals surface area contributed by atoms with Crippen molar-refractivity contribution < 1.29 is 34.7 Å². The van der Waals surface area contributed by atoms with Crippen molar-refractivity contribution in [3.63, 3.8) is 0 Å². The molecule has 1 fully saturated rings. The van der Waals surface area contributed by atoms with Gasteiger partial charge in [0, 0.05) is 23.2 Å². The number of nitrogens with one attached hydrogen (secondary N) is 3. The summed E-state index contributed by atoms with van der Waals surface area (Å²) in [6.45, 7) is -1.18. The Labute approximate surface area is 231 Å². The second kappa shape index (κ2) is 11.6. The highest BCUT2D eigenvalue weighted by atomic mass is 32.2. The lowest BCUT2D eigenvalue weighted by atomic mass is 10.1. The number of ether oxygens (including phenoxy) is 1. The molecule has 1 aromatic heterocycles. The van der Waals surface area contributed by atoms with Crippen LogP contribution in [0.15, 0.2) is 47.4 Å². The van der Waals surface area contributed by atoms with E-state index in [2.05, 4.69) is 27.2 Å². The number of sulfonamides is 1. The predicted molar refractivity (Wildman–Crippen MR) is 148 cm³/mol. The summed E-state index contributed by atoms with van der Waals surface area (Å²) in [6.07, 6.45) is -3.64. The number of rotatable bonds is 8. The average molecular weight is 599 g/mol. The fourth-order valence-electron chi connectivity index (χ4n) is 4.49. The monoisotopic (exact) mass is 598 g/mol. The molecule has 0 aliphatic carbocycles. The van der Waals surface area contributed by atoms with Crippen molar-refractivity contribution in [1.29, 1.82) is 0 Å². The molecule has 9 nitrogen and oxygen atoms in total. The van der Waals surface area contributed by atoms with Gasteiger partial charge in [0.25, 0.3) is 0 Å². The lowest BCUT2D eigenvalue weighted by Crippen LogP contribution is -2.32. The van der Waals surface area contributed by atoms with Gasteiger partial charge in [-0.3, -0.25) is 0 Å². The van der Waals surface area contributed by atoms with Gasteiger partial charge in [-0.2, -0.15) is 13.2 Å². The standard InChI is InChI=1S/C26H29F3N4O5S2/c1-30-40(36,37)20-8-9-23(25(16-20)38-2)31-12-4-5-19-15-21-22(32-18-10-13-39(34,35)14-11-18)6-3-7-24(21)33(19)17-26(27,28)29/h3,6-9,15-16,18,30-32H,10-14,17H2,1-2H3. The van der Waals surface area contributed by atoms with E-state index < -0.39 is 32.6 Å². The molecule has 1 saturated heterocycles. The maximum absolute atomic E-state index is 13.5. The van der Waals surface area contributed by atoms with E-state index in [1.54, 1.807) is 24.3 Å². The smallest absolute Gasteiger partial charge is 0.406 e. The highest BCUT2D eigenvalue weighted by molar-refractivity contribution is 7.91. The fourth-order valence-corrected chi connectivity index (χ4v) is 6.73. The van der Waals surface area contributed by atoms with Crippen molar-refractivity contribution in [2.45, 2.75) is 36.5 Å². The Bertz CT molecular complexity index is 1660. The summed E-state index contributed by atoms with van der Waals surface area (Å²) in [5.74, 6) is 6.04. The van der Waals surface area contributed by atoms with Crippen molar-refractivity contribution in [2.75, 3.05) is 42.8 Å². The lowest BCUT2D eigenvalue weighted by molar-refractivity contribution is -0.140. The van der Waals surface area contributed by atoms with Crippen LogP contribution in [-0.2, 0) is 26.4 Å². The van der Waals surface area contributed by atoms with Crippen LogP contribution in [0.1, 0.15) is 18.5 Å². The summed E-state index contributed by atoms with van der Waals surface area (Å²) >= 11 is 0. The summed E-state index contributed by atoms with van der Waals surface area (Å²) in [5.41, 5.74) is 1.59. The zero-order valence-corrected chi connectivity index (χ0v) is 23.4. The van der Waals surface area contributed by atoms with Crippen LogP contribution in [0.2, 0.25) is 0 Å². The molecule has 1 aliphatic heterocycles. The molecule has 0 bridgehead atoms. The maximum Gasteiger partial charge on any atom is 0.406 e. The SMILES string of the molecule is CNS(=O)(=O)c1ccc(NCC#Cc2cc3c(NC4CCS(=O)(=O)CC4)cccc3n2CC(F)(F)F)c(OC)c1. The van der Waals surface area contributed by atoms with Crippen LogP contribution in [0.3, 0.4) is 0 Å². The van der Waals surface area contributed by atoms with E-state index in [1.807, 2.05) is 0 Å². The first-order chi connectivity index (χ1) is 18.8. The summed E-state index contributed by atoms with van der Waals surface area (Å²) in [5, 5.41) is 6.86. The van der Waals surface area contributed by atoms with Crippen LogP contribution < -0.4 is 20.1 Å². The number of anilines is 2. The van der Waals surface area contributed by atoms with Crippen LogP contribution in [0.4, 0.5) is 24.5 Å². The molecular formula is C26H29F3N4O5S2. The summed E-state index contributed by atoms with van der Waals surface area (Å²) in [6, 6.07) is 10.7. The Hall–Kier alpha value is -3.41. The Morgan fingerprint density at radius 3 is 2.48 bits per heavy atom. The zero-order valence-electron chi connectivity index (χ0n) is 21.8. The first kappa shape index (κ1) is 29.6. The van der Waals surface area contributed by atoms with E-state index >= 15 is 0 Å². The minimum Gasteiger partial charge on any atom is -0.495 e. The molecule has 0 saturated carbocycles. The zero-order chi connectivity index (χ0) is 29.1. The van der Waals surface area contributed by atoms with Crippen LogP contribution >= 0.6 is 0 Å². The van der Waals surface area contributed by atoms with E-state index in [4.69, 9.17) is 4.74 Å². The van der Waals surface area contributed by atoms with Gasteiger partial charge in [-0.1, -0.05) is 12.0 Å². The average Bonchev–Trinajstić information content (AvgIpc) is 3.24. The summed E-state index contributed by atoms with van der Waals surface area (Å²) in [4.78, 5) is 0.0133. The number of benzene rings is 2. The number of aromatic nitrogens is 1. The van der Waals surface area contributed by atoms with Crippen LogP contribution in [0.5, 0.6) is 5.75 Å². The number of nitrogens with zero attached hydrogens (tertiary/aromatic N) is 1. The van der Waals surface area contributed by atoms with Crippen molar-refractivity contribution in [1.82, 2.24) is 9.29 Å². The number of sulfone groups is 1. The third-order valence-corrected chi connectivity index (χ3v) is 9.66. The van der Waals surface area contributed by atoms with Gasteiger partial charge in [0.05, 0.1) is 47.0 Å². The molecule has 14 heteroatoms. The molecule has 0 spiro atoms. The molecule has 4 rings (SSSR count). The fraction of sp³-hybridized carbons (Fsp3) is 0.385. The van der Waals surface area contributed by atoms with E-state index in [-0.39, 0.29) is 40.4 Å². The van der Waals surface area contributed by atoms with Gasteiger partial charge in [0.2, 0.25) is 10.0 Å². The number of fused-ring (bicyclic) bond motifs is 1. The molecule has 0 atom stereocenters. The third-order valence-electron chi connectivity index (χ3n) is 6.53. The highest BCUT2D eigenvalue weighted by Gasteiger charge is 2.30. The Kier molecular flexibility index (Phi) is 8.57. The summed E-state index contributed by atoms with van der Waals surface area (Å²) < 4.78 is 96.7. The molecule has 1 aliphatic rings. The van der Waals surface area contributed by atoms with E-state index in [0.717, 1.165) is 4.57 Å². The van der Waals surface area contributed by atoms with Crippen molar-refractivity contribution in [3.8, 4) is 17.6 Å². The minimum absolute atomic E-state index is 0.0133. The molecule has 3 N–H and O–H groups in total. The van der Waals surface area contributed by atoms with Gasteiger partial charge in [0.15, 0.2) is 0 Å². The van der Waals surface area contributed by atoms with Crippen molar-refractivity contribution in [2.24, 2.45) is 0 Å². The van der Waals surface area contributed by atoms with Gasteiger partial charge in [-0.05, 0) is 56.1 Å². The van der Waals surface area contributed by atoms with E-state index in [0.29, 0.717) is 35.1 Å². The third kappa shape index (κ3) is 7.01. The van der Waals surface area contributed by atoms with Crippen LogP contribution in [0.25, 0.3) is 10.9 Å². The lowest BCUT2D eigenvalue weighted by Gasteiger charge is -2.24. The van der Waals surface area contributed by atoms with Crippen molar-refractivity contribution in [3.05, 3.63) is 48.2 Å². The second-order valence-corrected chi connectivity index (χ2v) is 13.5. The number of hydrogen-bond acceptors (Lipinski definition) is 7. The molecule has 0 unspecified atom stereocenters. The molecule has 0 amide bonds. The van der Waals surface area contributed by atoms with E-state index in [1.165, 1.54) is 32.4 Å². The largest absolute Gasteiger partial charge is 0.495 e. The van der Waals surface area contributed by atoms with Gasteiger partial charge < -0.3 is 19.9 Å². The highest BCUT2D eigenvalue weighted by Crippen LogP contribution is 2.32. The molecule has 216 valence electrons. The van der Waals surface area contributed by atoms with Gasteiger partial charge in [-0.25, -0.2) is 21.6 Å². The molecule has 40 heavy (non-hydrogen) atoms. The van der Waals surface area contributed by atoms with Gasteiger partial charge >= 0.3 is 6.18 Å².